The Bertz CT molecular complexity index is 2160. The molecule has 2 heterocycles. The van der Waals surface area contributed by atoms with Crippen LogP contribution in [0.25, 0.3) is 55.0 Å². The molecule has 8 rings (SSSR count). The number of para-hydroxylation sites is 4. The zero-order valence-corrected chi connectivity index (χ0v) is 26.3. The lowest BCUT2D eigenvalue weighted by atomic mass is 10.0. The number of aromatic nitrogens is 2. The first-order valence-electron chi connectivity index (χ1n) is 15.7. The number of benzene rings is 6. The van der Waals surface area contributed by atoms with Gasteiger partial charge in [0.2, 0.25) is 0 Å². The van der Waals surface area contributed by atoms with Gasteiger partial charge in [-0.3, -0.25) is 0 Å². The molecular formula is C42H40N2. The van der Waals surface area contributed by atoms with Gasteiger partial charge in [0.1, 0.15) is 0 Å². The highest BCUT2D eigenvalue weighted by molar-refractivity contribution is 6.10. The summed E-state index contributed by atoms with van der Waals surface area (Å²) in [5.41, 5.74) is 10.2. The zero-order chi connectivity index (χ0) is 30.6. The molecule has 0 aliphatic rings. The van der Waals surface area contributed by atoms with Crippen molar-refractivity contribution in [1.82, 2.24) is 9.13 Å². The number of hydrogen-bond acceptors (Lipinski definition) is 0. The van der Waals surface area contributed by atoms with Crippen LogP contribution in [0.2, 0.25) is 0 Å². The van der Waals surface area contributed by atoms with Crippen LogP contribution >= 0.6 is 0 Å². The van der Waals surface area contributed by atoms with E-state index in [0.717, 1.165) is 0 Å². The fourth-order valence-electron chi connectivity index (χ4n) is 6.14. The van der Waals surface area contributed by atoms with E-state index in [-0.39, 0.29) is 0 Å². The van der Waals surface area contributed by atoms with Gasteiger partial charge >= 0.3 is 0 Å². The van der Waals surface area contributed by atoms with Crippen molar-refractivity contribution in [2.75, 3.05) is 0 Å². The summed E-state index contributed by atoms with van der Waals surface area (Å²) < 4.78 is 4.71. The minimum atomic E-state index is 0.534. The third-order valence-electron chi connectivity index (χ3n) is 8.22. The number of nitrogens with zero attached hydrogens (tertiary/aromatic N) is 2. The van der Waals surface area contributed by atoms with Crippen molar-refractivity contribution in [2.24, 2.45) is 0 Å². The van der Waals surface area contributed by atoms with Gasteiger partial charge in [-0.2, -0.15) is 0 Å². The third-order valence-corrected chi connectivity index (χ3v) is 8.22. The van der Waals surface area contributed by atoms with Gasteiger partial charge in [-0.1, -0.05) is 124 Å². The summed E-state index contributed by atoms with van der Waals surface area (Å²) in [5.74, 6) is 0.534. The van der Waals surface area contributed by atoms with E-state index in [0.29, 0.717) is 5.92 Å². The molecule has 6 aromatic carbocycles. The fraction of sp³-hybridized carbons (Fsp3) is 0.143. The maximum atomic E-state index is 2.37. The lowest BCUT2D eigenvalue weighted by molar-refractivity contribution is 0.868. The smallest absolute Gasteiger partial charge is 0.0543 e. The molecule has 0 bridgehead atoms. The predicted octanol–water partition coefficient (Wildman–Crippen LogP) is 12.0. The number of hydrogen-bond donors (Lipinski definition) is 0. The van der Waals surface area contributed by atoms with Crippen molar-refractivity contribution >= 4 is 43.6 Å². The van der Waals surface area contributed by atoms with Crippen molar-refractivity contribution in [2.45, 2.75) is 40.5 Å². The van der Waals surface area contributed by atoms with Crippen LogP contribution in [0, 0.1) is 6.92 Å². The van der Waals surface area contributed by atoms with Crippen LogP contribution < -0.4 is 0 Å². The van der Waals surface area contributed by atoms with Gasteiger partial charge in [-0.25, -0.2) is 0 Å². The summed E-state index contributed by atoms with van der Waals surface area (Å²) >= 11 is 0. The van der Waals surface area contributed by atoms with Crippen molar-refractivity contribution in [3.8, 4) is 11.4 Å². The number of aryl methyl sites for hydroxylation is 1. The first kappa shape index (κ1) is 29.0. The van der Waals surface area contributed by atoms with Gasteiger partial charge in [0.05, 0.1) is 22.1 Å². The standard InChI is InChI=1S/C21H19N.C19H15N.C2H6/c1-15(2)16-12-13-19-18-10-6-7-11-20(18)22(21(19)14-16)17-8-4-3-5-9-17;1-14-11-12-19-17(13-14)16-9-5-6-10-18(16)20(19)15-7-3-2-4-8-15;1-2/h3-15H,1-2H3;2-13H,1H3;1-2H3. The molecule has 218 valence electrons. The Morgan fingerprint density at radius 1 is 0.409 bits per heavy atom. The van der Waals surface area contributed by atoms with Gasteiger partial charge in [0.15, 0.2) is 0 Å². The molecule has 44 heavy (non-hydrogen) atoms. The topological polar surface area (TPSA) is 9.86 Å². The van der Waals surface area contributed by atoms with Crippen LogP contribution in [-0.2, 0) is 0 Å². The van der Waals surface area contributed by atoms with E-state index in [1.54, 1.807) is 0 Å². The Morgan fingerprint density at radius 3 is 1.43 bits per heavy atom. The van der Waals surface area contributed by atoms with E-state index < -0.39 is 0 Å². The minimum absolute atomic E-state index is 0.534. The molecule has 0 saturated carbocycles. The van der Waals surface area contributed by atoms with Gasteiger partial charge in [0.25, 0.3) is 0 Å². The third kappa shape index (κ3) is 5.29. The first-order chi connectivity index (χ1) is 21.6. The van der Waals surface area contributed by atoms with Crippen molar-refractivity contribution < 1.29 is 0 Å². The number of fused-ring (bicyclic) bond motifs is 6. The highest BCUT2D eigenvalue weighted by Gasteiger charge is 2.13. The lowest BCUT2D eigenvalue weighted by Gasteiger charge is -2.10. The summed E-state index contributed by atoms with van der Waals surface area (Å²) in [7, 11) is 0. The zero-order valence-electron chi connectivity index (χ0n) is 26.3. The Hall–Kier alpha value is -5.08. The Morgan fingerprint density at radius 2 is 0.864 bits per heavy atom. The second kappa shape index (κ2) is 12.7. The van der Waals surface area contributed by atoms with Crippen LogP contribution in [0.15, 0.2) is 146 Å². The molecule has 0 aliphatic carbocycles. The van der Waals surface area contributed by atoms with Gasteiger partial charge in [-0.05, 0) is 73.0 Å². The Labute approximate surface area is 260 Å². The molecule has 2 aromatic heterocycles. The van der Waals surface area contributed by atoms with E-state index in [1.165, 1.54) is 66.1 Å². The molecule has 8 aromatic rings. The van der Waals surface area contributed by atoms with Crippen LogP contribution in [0.5, 0.6) is 0 Å². The fourth-order valence-corrected chi connectivity index (χ4v) is 6.14. The first-order valence-corrected chi connectivity index (χ1v) is 15.7. The van der Waals surface area contributed by atoms with Gasteiger partial charge in [0, 0.05) is 32.9 Å². The maximum absolute atomic E-state index is 2.37. The van der Waals surface area contributed by atoms with Crippen LogP contribution in [0.1, 0.15) is 44.7 Å². The quantitative estimate of drug-likeness (QED) is 0.199. The largest absolute Gasteiger partial charge is 0.309 e. The van der Waals surface area contributed by atoms with Crippen LogP contribution in [0.3, 0.4) is 0 Å². The molecule has 0 aliphatic heterocycles. The highest BCUT2D eigenvalue weighted by Crippen LogP contribution is 2.34. The molecule has 0 N–H and O–H groups in total. The second-order valence-corrected chi connectivity index (χ2v) is 11.3. The SMILES string of the molecule is CC.CC(C)c1ccc2c3ccccc3n(-c3ccccc3)c2c1.Cc1ccc2c(c1)c1ccccc1n2-c1ccccc1. The summed E-state index contributed by atoms with van der Waals surface area (Å²) in [6, 6.07) is 52.0. The average molecular weight is 573 g/mol. The summed E-state index contributed by atoms with van der Waals surface area (Å²) in [5, 5.41) is 5.28. The van der Waals surface area contributed by atoms with E-state index >= 15 is 0 Å². The van der Waals surface area contributed by atoms with E-state index in [2.05, 4.69) is 175 Å². The van der Waals surface area contributed by atoms with Crippen molar-refractivity contribution in [3.63, 3.8) is 0 Å². The van der Waals surface area contributed by atoms with Crippen molar-refractivity contribution in [3.05, 3.63) is 157 Å². The summed E-state index contributed by atoms with van der Waals surface area (Å²) in [6.45, 7) is 10.6. The molecule has 2 nitrogen and oxygen atoms in total. The van der Waals surface area contributed by atoms with E-state index in [9.17, 15) is 0 Å². The minimum Gasteiger partial charge on any atom is -0.309 e. The molecule has 2 heteroatoms. The molecule has 0 amide bonds. The molecule has 0 radical (unpaired) electrons. The maximum Gasteiger partial charge on any atom is 0.0543 e. The van der Waals surface area contributed by atoms with E-state index in [4.69, 9.17) is 0 Å². The van der Waals surface area contributed by atoms with Crippen LogP contribution in [-0.4, -0.2) is 9.13 Å². The monoisotopic (exact) mass is 572 g/mol. The normalized spacial score (nSPS) is 11.0. The molecule has 0 saturated heterocycles. The molecule has 0 spiro atoms. The van der Waals surface area contributed by atoms with Gasteiger partial charge in [-0.15, -0.1) is 0 Å². The molecule has 0 unspecified atom stereocenters. The lowest BCUT2D eigenvalue weighted by Crippen LogP contribution is -1.94. The Balaban J connectivity index is 0.000000148. The van der Waals surface area contributed by atoms with E-state index in [1.807, 2.05) is 13.8 Å². The molecule has 0 atom stereocenters. The summed E-state index contributed by atoms with van der Waals surface area (Å²) in [6.07, 6.45) is 0. The van der Waals surface area contributed by atoms with Crippen molar-refractivity contribution in [1.29, 1.82) is 0 Å². The molecular weight excluding hydrogens is 532 g/mol. The molecule has 0 fully saturated rings. The predicted molar refractivity (Wildman–Crippen MR) is 192 cm³/mol. The number of rotatable bonds is 3. The van der Waals surface area contributed by atoms with Gasteiger partial charge < -0.3 is 9.13 Å². The van der Waals surface area contributed by atoms with Crippen LogP contribution in [0.4, 0.5) is 0 Å². The summed E-state index contributed by atoms with van der Waals surface area (Å²) in [4.78, 5) is 0. The Kier molecular flexibility index (Phi) is 8.34. The average Bonchev–Trinajstić information content (AvgIpc) is 3.59. The highest BCUT2D eigenvalue weighted by atomic mass is 15.0. The second-order valence-electron chi connectivity index (χ2n) is 11.3.